The summed E-state index contributed by atoms with van der Waals surface area (Å²) in [7, 11) is 0. The quantitative estimate of drug-likeness (QED) is 0.694. The van der Waals surface area contributed by atoms with Crippen LogP contribution in [0, 0.1) is 5.41 Å². The number of hydrogen-bond donors (Lipinski definition) is 0. The Balaban J connectivity index is 1.53. The van der Waals surface area contributed by atoms with E-state index < -0.39 is 24.5 Å². The van der Waals surface area contributed by atoms with Crippen LogP contribution in [0.25, 0.3) is 0 Å². The van der Waals surface area contributed by atoms with Crippen molar-refractivity contribution in [3.05, 3.63) is 24.3 Å². The van der Waals surface area contributed by atoms with Crippen LogP contribution in [0.15, 0.2) is 18.6 Å². The molecule has 1 spiro atoms. The Hall–Kier alpha value is -2.11. The van der Waals surface area contributed by atoms with Crippen molar-refractivity contribution in [2.24, 2.45) is 5.41 Å². The van der Waals surface area contributed by atoms with Crippen LogP contribution in [0.2, 0.25) is 0 Å². The second kappa shape index (κ2) is 7.96. The summed E-state index contributed by atoms with van der Waals surface area (Å²) in [6.45, 7) is 2.28. The van der Waals surface area contributed by atoms with Crippen molar-refractivity contribution in [3.63, 3.8) is 0 Å². The van der Waals surface area contributed by atoms with E-state index in [4.69, 9.17) is 0 Å². The number of hydrogen-bond acceptors (Lipinski definition) is 5. The maximum Gasteiger partial charge on any atom is 0.434 e. The number of piperidine rings is 1. The van der Waals surface area contributed by atoms with E-state index in [0.717, 1.165) is 30.1 Å². The number of ether oxygens (including phenoxy) is 1. The van der Waals surface area contributed by atoms with Gasteiger partial charge in [0.2, 0.25) is 0 Å². The first-order valence-electron chi connectivity index (χ1n) is 9.05. The molecular formula is C17H20F6N4O2. The minimum Gasteiger partial charge on any atom is -0.426 e. The molecular weight excluding hydrogens is 406 g/mol. The van der Waals surface area contributed by atoms with E-state index in [1.54, 1.807) is 12.3 Å². The molecule has 1 amide bonds. The third-order valence-corrected chi connectivity index (χ3v) is 5.44. The van der Waals surface area contributed by atoms with Gasteiger partial charge >= 0.3 is 18.4 Å². The lowest BCUT2D eigenvalue weighted by Gasteiger charge is -2.39. The van der Waals surface area contributed by atoms with E-state index in [9.17, 15) is 31.1 Å². The maximum atomic E-state index is 12.6. The first kappa shape index (κ1) is 21.6. The molecule has 2 saturated heterocycles. The van der Waals surface area contributed by atoms with Gasteiger partial charge in [0.25, 0.3) is 6.10 Å². The first-order chi connectivity index (χ1) is 13.5. The van der Waals surface area contributed by atoms with Gasteiger partial charge < -0.3 is 9.64 Å². The fourth-order valence-corrected chi connectivity index (χ4v) is 3.87. The highest BCUT2D eigenvalue weighted by Gasteiger charge is 2.60. The summed E-state index contributed by atoms with van der Waals surface area (Å²) in [5.74, 6) is 0. The highest BCUT2D eigenvalue weighted by Crippen LogP contribution is 2.41. The first-order valence-corrected chi connectivity index (χ1v) is 9.05. The van der Waals surface area contributed by atoms with Gasteiger partial charge in [0.05, 0.1) is 5.69 Å². The van der Waals surface area contributed by atoms with Gasteiger partial charge in [-0.15, -0.1) is 0 Å². The molecule has 2 aliphatic heterocycles. The molecule has 3 heterocycles. The zero-order chi connectivity index (χ0) is 21.3. The van der Waals surface area contributed by atoms with Crippen molar-refractivity contribution >= 4 is 6.09 Å². The Labute approximate surface area is 162 Å². The average molecular weight is 426 g/mol. The van der Waals surface area contributed by atoms with E-state index in [2.05, 4.69) is 19.6 Å². The molecule has 0 aromatic carbocycles. The van der Waals surface area contributed by atoms with E-state index in [1.807, 2.05) is 0 Å². The number of carbonyl (C=O) groups excluding carboxylic acids is 1. The Morgan fingerprint density at radius 3 is 2.28 bits per heavy atom. The fraction of sp³-hybridized carbons (Fsp3) is 0.706. The number of halogens is 6. The normalized spacial score (nSPS) is 20.4. The topological polar surface area (TPSA) is 58.6 Å². The van der Waals surface area contributed by atoms with E-state index >= 15 is 0 Å². The van der Waals surface area contributed by atoms with Crippen molar-refractivity contribution in [1.29, 1.82) is 0 Å². The lowest BCUT2D eigenvalue weighted by Crippen LogP contribution is -2.50. The molecule has 0 bridgehead atoms. The van der Waals surface area contributed by atoms with Gasteiger partial charge in [-0.1, -0.05) is 0 Å². The number of nitrogens with zero attached hydrogens (tertiary/aromatic N) is 4. The molecule has 0 saturated carbocycles. The zero-order valence-electron chi connectivity index (χ0n) is 15.3. The van der Waals surface area contributed by atoms with Crippen molar-refractivity contribution in [1.82, 2.24) is 19.8 Å². The Morgan fingerprint density at radius 1 is 1.10 bits per heavy atom. The highest BCUT2D eigenvalue weighted by molar-refractivity contribution is 5.68. The van der Waals surface area contributed by atoms with Crippen LogP contribution in [0.4, 0.5) is 31.1 Å². The Kier molecular flexibility index (Phi) is 5.93. The zero-order valence-corrected chi connectivity index (χ0v) is 15.3. The average Bonchev–Trinajstić information content (AvgIpc) is 3.01. The Morgan fingerprint density at radius 2 is 1.72 bits per heavy atom. The number of likely N-dealkylation sites (tertiary alicyclic amines) is 2. The molecule has 2 aliphatic rings. The monoisotopic (exact) mass is 426 g/mol. The lowest BCUT2D eigenvalue weighted by molar-refractivity contribution is -0.308. The molecule has 2 fully saturated rings. The van der Waals surface area contributed by atoms with Crippen LogP contribution in [-0.4, -0.2) is 70.5 Å². The molecule has 162 valence electrons. The predicted octanol–water partition coefficient (Wildman–Crippen LogP) is 3.39. The Bertz CT molecular complexity index is 690. The summed E-state index contributed by atoms with van der Waals surface area (Å²) in [5.41, 5.74) is 0.750. The molecule has 1 aromatic heterocycles. The van der Waals surface area contributed by atoms with Gasteiger partial charge in [-0.05, 0) is 37.3 Å². The lowest BCUT2D eigenvalue weighted by atomic mass is 9.78. The molecule has 0 atom stereocenters. The molecule has 6 nitrogen and oxygen atoms in total. The van der Waals surface area contributed by atoms with Crippen LogP contribution in [0.5, 0.6) is 0 Å². The van der Waals surface area contributed by atoms with Gasteiger partial charge in [0.15, 0.2) is 0 Å². The van der Waals surface area contributed by atoms with Gasteiger partial charge in [-0.3, -0.25) is 4.90 Å². The second-order valence-corrected chi connectivity index (χ2v) is 7.50. The van der Waals surface area contributed by atoms with Crippen LogP contribution >= 0.6 is 0 Å². The van der Waals surface area contributed by atoms with E-state index in [-0.39, 0.29) is 18.5 Å². The minimum absolute atomic E-state index is 0.0581. The van der Waals surface area contributed by atoms with Crippen LogP contribution in [0.1, 0.15) is 25.0 Å². The largest absolute Gasteiger partial charge is 0.434 e. The van der Waals surface area contributed by atoms with Crippen molar-refractivity contribution in [2.45, 2.75) is 44.3 Å². The summed E-state index contributed by atoms with van der Waals surface area (Å²) < 4.78 is 79.2. The summed E-state index contributed by atoms with van der Waals surface area (Å²) >= 11 is 0. The van der Waals surface area contributed by atoms with Crippen molar-refractivity contribution in [2.75, 3.05) is 26.2 Å². The molecule has 12 heteroatoms. The van der Waals surface area contributed by atoms with Gasteiger partial charge in [-0.2, -0.15) is 26.3 Å². The molecule has 0 N–H and O–H groups in total. The number of rotatable bonds is 3. The van der Waals surface area contributed by atoms with Gasteiger partial charge in [-0.25, -0.2) is 14.8 Å². The van der Waals surface area contributed by atoms with Crippen molar-refractivity contribution in [3.8, 4) is 0 Å². The van der Waals surface area contributed by atoms with Crippen molar-refractivity contribution < 1.29 is 35.9 Å². The smallest absolute Gasteiger partial charge is 0.426 e. The van der Waals surface area contributed by atoms with E-state index in [1.165, 1.54) is 6.33 Å². The summed E-state index contributed by atoms with van der Waals surface area (Å²) in [5, 5.41) is 0. The van der Waals surface area contributed by atoms with Gasteiger partial charge in [0, 0.05) is 32.4 Å². The summed E-state index contributed by atoms with van der Waals surface area (Å²) in [6, 6.07) is 1.81. The summed E-state index contributed by atoms with van der Waals surface area (Å²) in [4.78, 5) is 23.0. The molecule has 1 aromatic rings. The highest BCUT2D eigenvalue weighted by atomic mass is 19.4. The molecule has 0 aliphatic carbocycles. The third kappa shape index (κ3) is 5.28. The third-order valence-electron chi connectivity index (χ3n) is 5.44. The maximum absolute atomic E-state index is 12.6. The van der Waals surface area contributed by atoms with Crippen LogP contribution < -0.4 is 0 Å². The number of aromatic nitrogens is 2. The molecule has 29 heavy (non-hydrogen) atoms. The predicted molar refractivity (Wildman–Crippen MR) is 87.5 cm³/mol. The molecule has 0 radical (unpaired) electrons. The standard InChI is InChI=1S/C17H20F6N4O2/c18-16(19,20)13(17(21,22)23)29-14(28)27-7-3-15(4-8-27)2-6-26(10-15)9-12-1-5-24-11-25-12/h1,5,11,13H,2-4,6-10H2. The van der Waals surface area contributed by atoms with Crippen LogP contribution in [-0.2, 0) is 11.3 Å². The summed E-state index contributed by atoms with van der Waals surface area (Å²) in [6.07, 6.45) is -12.2. The van der Waals surface area contributed by atoms with E-state index in [0.29, 0.717) is 19.4 Å². The number of alkyl halides is 6. The minimum atomic E-state index is -5.71. The number of amides is 1. The number of carbonyl (C=O) groups is 1. The SMILES string of the molecule is O=C(OC(C(F)(F)F)C(F)(F)F)N1CCC2(CCN(Cc3ccncn3)C2)CC1. The van der Waals surface area contributed by atoms with Gasteiger partial charge in [0.1, 0.15) is 6.33 Å². The fourth-order valence-electron chi connectivity index (χ4n) is 3.87. The molecule has 3 rings (SSSR count). The van der Waals surface area contributed by atoms with Crippen LogP contribution in [0.3, 0.4) is 0 Å². The second-order valence-electron chi connectivity index (χ2n) is 7.50. The molecule has 0 unspecified atom stereocenters.